The minimum absolute atomic E-state index is 0.283. The van der Waals surface area contributed by atoms with Crippen LogP contribution in [0.15, 0.2) is 10.5 Å². The van der Waals surface area contributed by atoms with Crippen molar-refractivity contribution in [2.75, 3.05) is 27.0 Å². The largest absolute Gasteiger partial charge is 0.495 e. The van der Waals surface area contributed by atoms with Crippen LogP contribution in [0.1, 0.15) is 18.4 Å². The molecule has 19 heavy (non-hydrogen) atoms. The fourth-order valence-corrected chi connectivity index (χ4v) is 3.54. The maximum absolute atomic E-state index is 5.54. The van der Waals surface area contributed by atoms with Gasteiger partial charge in [-0.3, -0.25) is 0 Å². The quantitative estimate of drug-likeness (QED) is 0.926. The molecule has 1 atom stereocenters. The predicted octanol–water partition coefficient (Wildman–Crippen LogP) is 2.73. The molecule has 1 unspecified atom stereocenters. The maximum atomic E-state index is 5.54. The van der Waals surface area contributed by atoms with Crippen LogP contribution in [0.2, 0.25) is 0 Å². The maximum Gasteiger partial charge on any atom is 0.231 e. The van der Waals surface area contributed by atoms with Gasteiger partial charge in [0.2, 0.25) is 6.79 Å². The lowest BCUT2D eigenvalue weighted by atomic mass is 9.92. The summed E-state index contributed by atoms with van der Waals surface area (Å²) < 4.78 is 17.3. The van der Waals surface area contributed by atoms with Crippen molar-refractivity contribution in [1.29, 1.82) is 0 Å². The number of ether oxygens (including phenoxy) is 3. The van der Waals surface area contributed by atoms with Crippen LogP contribution in [-0.2, 0) is 6.42 Å². The Bertz CT molecular complexity index is 472. The van der Waals surface area contributed by atoms with E-state index in [1.165, 1.54) is 18.4 Å². The average molecular weight is 328 g/mol. The Hall–Kier alpha value is -0.940. The van der Waals surface area contributed by atoms with Crippen molar-refractivity contribution >= 4 is 15.9 Å². The van der Waals surface area contributed by atoms with Crippen molar-refractivity contribution < 1.29 is 14.2 Å². The van der Waals surface area contributed by atoms with Gasteiger partial charge in [-0.05, 0) is 65.8 Å². The van der Waals surface area contributed by atoms with Crippen LogP contribution in [0.3, 0.4) is 0 Å². The molecule has 1 N–H and O–H groups in total. The van der Waals surface area contributed by atoms with Crippen molar-refractivity contribution in [2.24, 2.45) is 5.92 Å². The third-order valence-electron chi connectivity index (χ3n) is 3.75. The molecular weight excluding hydrogens is 310 g/mol. The van der Waals surface area contributed by atoms with Crippen LogP contribution in [-0.4, -0.2) is 27.0 Å². The molecule has 2 aliphatic rings. The summed E-state index contributed by atoms with van der Waals surface area (Å²) in [5.74, 6) is 3.10. The summed E-state index contributed by atoms with van der Waals surface area (Å²) in [6.07, 6.45) is 3.52. The van der Waals surface area contributed by atoms with Gasteiger partial charge in [-0.1, -0.05) is 0 Å². The second-order valence-corrected chi connectivity index (χ2v) is 5.83. The topological polar surface area (TPSA) is 39.7 Å². The van der Waals surface area contributed by atoms with Crippen LogP contribution in [0.25, 0.3) is 0 Å². The Kier molecular flexibility index (Phi) is 3.84. The molecule has 0 saturated carbocycles. The van der Waals surface area contributed by atoms with E-state index in [9.17, 15) is 0 Å². The Morgan fingerprint density at radius 2 is 2.37 bits per heavy atom. The number of piperidine rings is 1. The third-order valence-corrected chi connectivity index (χ3v) is 4.47. The van der Waals surface area contributed by atoms with Crippen molar-refractivity contribution in [1.82, 2.24) is 5.32 Å². The number of hydrogen-bond acceptors (Lipinski definition) is 4. The summed E-state index contributed by atoms with van der Waals surface area (Å²) in [4.78, 5) is 0. The minimum atomic E-state index is 0.283. The highest BCUT2D eigenvalue weighted by atomic mass is 79.9. The molecule has 1 aromatic carbocycles. The van der Waals surface area contributed by atoms with E-state index in [2.05, 4.69) is 27.3 Å². The normalized spacial score (nSPS) is 21.5. The van der Waals surface area contributed by atoms with E-state index in [1.54, 1.807) is 7.11 Å². The van der Waals surface area contributed by atoms with Gasteiger partial charge in [-0.25, -0.2) is 0 Å². The van der Waals surface area contributed by atoms with E-state index in [4.69, 9.17) is 14.2 Å². The number of halogens is 1. The number of rotatable bonds is 3. The molecular formula is C14H18BrNO3. The lowest BCUT2D eigenvalue weighted by molar-refractivity contribution is 0.173. The van der Waals surface area contributed by atoms with Crippen LogP contribution in [0.4, 0.5) is 0 Å². The van der Waals surface area contributed by atoms with Gasteiger partial charge >= 0.3 is 0 Å². The lowest BCUT2D eigenvalue weighted by Gasteiger charge is -2.24. The Labute approximate surface area is 121 Å². The van der Waals surface area contributed by atoms with Gasteiger partial charge < -0.3 is 19.5 Å². The van der Waals surface area contributed by atoms with Gasteiger partial charge in [0.15, 0.2) is 11.5 Å². The SMILES string of the molecule is COc1c(CC2CCCNC2)cc2c(c1Br)OCO2. The lowest BCUT2D eigenvalue weighted by Crippen LogP contribution is -2.30. The molecule has 1 aromatic rings. The molecule has 4 nitrogen and oxygen atoms in total. The van der Waals surface area contributed by atoms with E-state index >= 15 is 0 Å². The average Bonchev–Trinajstić information content (AvgIpc) is 2.89. The van der Waals surface area contributed by atoms with Gasteiger partial charge in [-0.2, -0.15) is 0 Å². The highest BCUT2D eigenvalue weighted by Gasteiger charge is 2.25. The number of benzene rings is 1. The highest BCUT2D eigenvalue weighted by Crippen LogP contribution is 2.47. The van der Waals surface area contributed by atoms with Crippen molar-refractivity contribution in [3.8, 4) is 17.2 Å². The molecule has 0 amide bonds. The summed E-state index contributed by atoms with van der Waals surface area (Å²) in [6, 6.07) is 2.06. The number of methoxy groups -OCH3 is 1. The zero-order chi connectivity index (χ0) is 13.2. The van der Waals surface area contributed by atoms with Crippen molar-refractivity contribution in [2.45, 2.75) is 19.3 Å². The van der Waals surface area contributed by atoms with Crippen LogP contribution in [0, 0.1) is 5.92 Å². The van der Waals surface area contributed by atoms with E-state index in [-0.39, 0.29) is 6.79 Å². The highest BCUT2D eigenvalue weighted by molar-refractivity contribution is 9.10. The van der Waals surface area contributed by atoms with E-state index in [0.29, 0.717) is 5.92 Å². The van der Waals surface area contributed by atoms with Crippen LogP contribution >= 0.6 is 15.9 Å². The fourth-order valence-electron chi connectivity index (χ4n) is 2.82. The van der Waals surface area contributed by atoms with Crippen molar-refractivity contribution in [3.05, 3.63) is 16.1 Å². The second kappa shape index (κ2) is 5.59. The molecule has 5 heteroatoms. The summed E-state index contributed by atoms with van der Waals surface area (Å²) in [5, 5.41) is 3.45. The molecule has 104 valence electrons. The monoisotopic (exact) mass is 327 g/mol. The van der Waals surface area contributed by atoms with Gasteiger partial charge in [0, 0.05) is 0 Å². The second-order valence-electron chi connectivity index (χ2n) is 5.03. The first-order valence-electron chi connectivity index (χ1n) is 6.65. The number of hydrogen-bond donors (Lipinski definition) is 1. The predicted molar refractivity (Wildman–Crippen MR) is 76.1 cm³/mol. The Balaban J connectivity index is 1.89. The van der Waals surface area contributed by atoms with E-state index in [0.717, 1.165) is 41.2 Å². The molecule has 0 spiro atoms. The summed E-state index contributed by atoms with van der Waals surface area (Å²) >= 11 is 3.56. The Morgan fingerprint density at radius 1 is 1.47 bits per heavy atom. The van der Waals surface area contributed by atoms with Crippen LogP contribution in [0.5, 0.6) is 17.2 Å². The summed E-state index contributed by atoms with van der Waals surface area (Å²) in [7, 11) is 1.70. The van der Waals surface area contributed by atoms with Crippen molar-refractivity contribution in [3.63, 3.8) is 0 Å². The minimum Gasteiger partial charge on any atom is -0.495 e. The summed E-state index contributed by atoms with van der Waals surface area (Å²) in [5.41, 5.74) is 1.19. The van der Waals surface area contributed by atoms with Gasteiger partial charge in [0.25, 0.3) is 0 Å². The van der Waals surface area contributed by atoms with Gasteiger partial charge in [0.1, 0.15) is 10.2 Å². The first kappa shape index (κ1) is 13.1. The summed E-state index contributed by atoms with van der Waals surface area (Å²) in [6.45, 7) is 2.50. The first-order valence-corrected chi connectivity index (χ1v) is 7.44. The number of fused-ring (bicyclic) bond motifs is 1. The third kappa shape index (κ3) is 2.54. The fraction of sp³-hybridized carbons (Fsp3) is 0.571. The van der Waals surface area contributed by atoms with E-state index in [1.807, 2.05) is 0 Å². The molecule has 2 heterocycles. The first-order chi connectivity index (χ1) is 9.29. The van der Waals surface area contributed by atoms with Gasteiger partial charge in [-0.15, -0.1) is 0 Å². The van der Waals surface area contributed by atoms with E-state index < -0.39 is 0 Å². The molecule has 2 aliphatic heterocycles. The molecule has 3 rings (SSSR count). The van der Waals surface area contributed by atoms with Gasteiger partial charge in [0.05, 0.1) is 7.11 Å². The Morgan fingerprint density at radius 3 is 3.11 bits per heavy atom. The molecule has 0 radical (unpaired) electrons. The number of nitrogens with one attached hydrogen (secondary N) is 1. The standard InChI is InChI=1S/C14H18BrNO3/c1-17-13-10(5-9-3-2-4-16-7-9)6-11-14(12(13)15)19-8-18-11/h6,9,16H,2-5,7-8H2,1H3. The smallest absolute Gasteiger partial charge is 0.231 e. The van der Waals surface area contributed by atoms with Crippen LogP contribution < -0.4 is 19.5 Å². The molecule has 0 aliphatic carbocycles. The molecule has 1 fully saturated rings. The molecule has 0 bridgehead atoms. The molecule has 1 saturated heterocycles. The zero-order valence-electron chi connectivity index (χ0n) is 11.0. The molecule has 0 aromatic heterocycles. The zero-order valence-corrected chi connectivity index (χ0v) is 12.6.